The number of aromatic amines is 1. The van der Waals surface area contributed by atoms with E-state index in [1.54, 1.807) is 6.07 Å². The van der Waals surface area contributed by atoms with Gasteiger partial charge in [0.05, 0.1) is 15.9 Å². The number of aromatic hydroxyl groups is 1. The third kappa shape index (κ3) is 5.43. The average Bonchev–Trinajstić information content (AvgIpc) is 2.71. The molecule has 0 atom stereocenters. The molecule has 0 aliphatic carbocycles. The number of rotatable bonds is 5. The van der Waals surface area contributed by atoms with E-state index in [9.17, 15) is 9.90 Å². The van der Waals surface area contributed by atoms with E-state index in [4.69, 9.17) is 34.8 Å². The van der Waals surface area contributed by atoms with Crippen LogP contribution in [0.4, 0.5) is 5.69 Å². The second-order valence-corrected chi connectivity index (χ2v) is 8.91. The second-order valence-electron chi connectivity index (χ2n) is 6.55. The van der Waals surface area contributed by atoms with E-state index in [1.807, 2.05) is 48.5 Å². The third-order valence-corrected chi connectivity index (χ3v) is 6.30. The van der Waals surface area contributed by atoms with E-state index >= 15 is 0 Å². The predicted molar refractivity (Wildman–Crippen MR) is 133 cm³/mol. The Labute approximate surface area is 204 Å². The minimum atomic E-state index is -0.409. The Hall–Kier alpha value is -2.02. The van der Waals surface area contributed by atoms with Crippen molar-refractivity contribution < 1.29 is 5.11 Å². The molecule has 4 aromatic rings. The maximum atomic E-state index is 12.5. The lowest BCUT2D eigenvalue weighted by Gasteiger charge is -2.10. The standard InChI is InChI=1S/C22H15Cl3N2O2S.ClH/c23-13-3-1-12(2-4-13)11-26-15-5-7-16(8-6-15)30-21-20(28)19-17(25)9-14(24)10-18(19)27-22(21)29;/h1-10,26H,11H2,(H2,27,28,29);1H. The number of pyridine rings is 1. The molecule has 0 aliphatic heterocycles. The summed E-state index contributed by atoms with van der Waals surface area (Å²) in [5, 5.41) is 15.7. The lowest BCUT2D eigenvalue weighted by atomic mass is 10.2. The molecule has 0 amide bonds. The Morgan fingerprint density at radius 1 is 0.935 bits per heavy atom. The predicted octanol–water partition coefficient (Wildman–Crippen LogP) is 7.38. The van der Waals surface area contributed by atoms with Crippen LogP contribution in [0, 0.1) is 0 Å². The van der Waals surface area contributed by atoms with Crippen molar-refractivity contribution >= 4 is 75.6 Å². The molecule has 4 rings (SSSR count). The Bertz CT molecular complexity index is 1280. The van der Waals surface area contributed by atoms with Crippen LogP contribution in [0.3, 0.4) is 0 Å². The lowest BCUT2D eigenvalue weighted by Crippen LogP contribution is -2.08. The number of halogens is 4. The van der Waals surface area contributed by atoms with Gasteiger partial charge in [-0.05, 0) is 54.1 Å². The number of nitrogens with one attached hydrogen (secondary N) is 2. The molecule has 9 heteroatoms. The van der Waals surface area contributed by atoms with Crippen molar-refractivity contribution in [2.45, 2.75) is 16.3 Å². The van der Waals surface area contributed by atoms with Crippen LogP contribution in [0.5, 0.6) is 5.75 Å². The van der Waals surface area contributed by atoms with E-state index in [2.05, 4.69) is 10.3 Å². The zero-order chi connectivity index (χ0) is 21.3. The summed E-state index contributed by atoms with van der Waals surface area (Å²) in [5.74, 6) is -0.162. The molecule has 160 valence electrons. The van der Waals surface area contributed by atoms with Gasteiger partial charge in [0.2, 0.25) is 0 Å². The molecule has 0 fully saturated rings. The lowest BCUT2D eigenvalue weighted by molar-refractivity contribution is 0.467. The van der Waals surface area contributed by atoms with Crippen molar-refractivity contribution in [2.24, 2.45) is 0 Å². The Balaban J connectivity index is 0.00000272. The highest BCUT2D eigenvalue weighted by atomic mass is 35.5. The maximum absolute atomic E-state index is 12.5. The molecule has 0 bridgehead atoms. The highest BCUT2D eigenvalue weighted by Crippen LogP contribution is 2.39. The first-order valence-corrected chi connectivity index (χ1v) is 10.9. The van der Waals surface area contributed by atoms with E-state index in [0.29, 0.717) is 27.5 Å². The number of benzene rings is 3. The Morgan fingerprint density at radius 3 is 2.29 bits per heavy atom. The first kappa shape index (κ1) is 23.6. The van der Waals surface area contributed by atoms with Crippen LogP contribution in [0.25, 0.3) is 10.9 Å². The normalized spacial score (nSPS) is 10.7. The van der Waals surface area contributed by atoms with Crippen molar-refractivity contribution in [3.8, 4) is 5.75 Å². The van der Waals surface area contributed by atoms with Crippen molar-refractivity contribution in [3.05, 3.63) is 91.6 Å². The van der Waals surface area contributed by atoms with Gasteiger partial charge in [0.15, 0.2) is 0 Å². The van der Waals surface area contributed by atoms with Crippen LogP contribution in [0.2, 0.25) is 15.1 Å². The number of hydrogen-bond acceptors (Lipinski definition) is 4. The number of aromatic nitrogens is 1. The summed E-state index contributed by atoms with van der Waals surface area (Å²) < 4.78 is 0. The molecule has 3 aromatic carbocycles. The Morgan fingerprint density at radius 2 is 1.61 bits per heavy atom. The van der Waals surface area contributed by atoms with Gasteiger partial charge < -0.3 is 15.4 Å². The van der Waals surface area contributed by atoms with Gasteiger partial charge >= 0.3 is 0 Å². The van der Waals surface area contributed by atoms with Crippen molar-refractivity contribution in [3.63, 3.8) is 0 Å². The van der Waals surface area contributed by atoms with Gasteiger partial charge in [-0.2, -0.15) is 0 Å². The zero-order valence-electron chi connectivity index (χ0n) is 15.8. The van der Waals surface area contributed by atoms with Crippen LogP contribution >= 0.6 is 59.0 Å². The highest BCUT2D eigenvalue weighted by molar-refractivity contribution is 7.99. The molecule has 0 saturated heterocycles. The molecule has 1 aromatic heterocycles. The van der Waals surface area contributed by atoms with Crippen LogP contribution in [-0.4, -0.2) is 10.1 Å². The van der Waals surface area contributed by atoms with Crippen LogP contribution in [-0.2, 0) is 6.54 Å². The molecule has 4 nitrogen and oxygen atoms in total. The molecular formula is C22H16Cl4N2O2S. The van der Waals surface area contributed by atoms with Crippen molar-refractivity contribution in [1.82, 2.24) is 4.98 Å². The minimum absolute atomic E-state index is 0. The summed E-state index contributed by atoms with van der Waals surface area (Å²) in [6.45, 7) is 0.663. The van der Waals surface area contributed by atoms with Crippen LogP contribution < -0.4 is 10.9 Å². The van der Waals surface area contributed by atoms with Crippen LogP contribution in [0.1, 0.15) is 5.56 Å². The van der Waals surface area contributed by atoms with Crippen molar-refractivity contribution in [2.75, 3.05) is 5.32 Å². The number of anilines is 1. The van der Waals surface area contributed by atoms with Crippen molar-refractivity contribution in [1.29, 1.82) is 0 Å². The zero-order valence-corrected chi connectivity index (χ0v) is 19.7. The maximum Gasteiger partial charge on any atom is 0.266 e. The first-order chi connectivity index (χ1) is 14.4. The van der Waals surface area contributed by atoms with Gasteiger partial charge in [-0.25, -0.2) is 0 Å². The fraction of sp³-hybridized carbons (Fsp3) is 0.0455. The van der Waals surface area contributed by atoms with E-state index < -0.39 is 5.56 Å². The SMILES string of the molecule is Cl.O=c1[nH]c2cc(Cl)cc(Cl)c2c(O)c1Sc1ccc(NCc2ccc(Cl)cc2)cc1. The smallest absolute Gasteiger partial charge is 0.266 e. The van der Waals surface area contributed by atoms with E-state index in [0.717, 1.165) is 16.1 Å². The number of H-pyrrole nitrogens is 1. The molecule has 31 heavy (non-hydrogen) atoms. The summed E-state index contributed by atoms with van der Waals surface area (Å²) in [4.78, 5) is 16.2. The molecule has 0 saturated carbocycles. The Kier molecular flexibility index (Phi) is 7.68. The molecule has 0 unspecified atom stereocenters. The summed E-state index contributed by atoms with van der Waals surface area (Å²) in [6.07, 6.45) is 0. The number of fused-ring (bicyclic) bond motifs is 1. The molecular weight excluding hydrogens is 498 g/mol. The molecule has 0 spiro atoms. The van der Waals surface area contributed by atoms with Gasteiger partial charge in [-0.15, -0.1) is 12.4 Å². The van der Waals surface area contributed by atoms with Gasteiger partial charge in [0, 0.05) is 27.2 Å². The molecule has 0 radical (unpaired) electrons. The van der Waals surface area contributed by atoms with Gasteiger partial charge in [0.25, 0.3) is 5.56 Å². The largest absolute Gasteiger partial charge is 0.506 e. The molecule has 0 aliphatic rings. The number of hydrogen-bond donors (Lipinski definition) is 3. The molecule has 3 N–H and O–H groups in total. The van der Waals surface area contributed by atoms with Gasteiger partial charge in [-0.1, -0.05) is 58.7 Å². The van der Waals surface area contributed by atoms with Gasteiger partial charge in [0.1, 0.15) is 10.6 Å². The average molecular weight is 514 g/mol. The third-order valence-electron chi connectivity index (χ3n) is 4.45. The minimum Gasteiger partial charge on any atom is -0.506 e. The summed E-state index contributed by atoms with van der Waals surface area (Å²) in [7, 11) is 0. The monoisotopic (exact) mass is 512 g/mol. The van der Waals surface area contributed by atoms with E-state index in [-0.39, 0.29) is 28.1 Å². The van der Waals surface area contributed by atoms with Crippen LogP contribution in [0.15, 0.2) is 75.2 Å². The first-order valence-electron chi connectivity index (χ1n) is 8.91. The highest BCUT2D eigenvalue weighted by Gasteiger charge is 2.16. The fourth-order valence-electron chi connectivity index (χ4n) is 2.97. The quantitative estimate of drug-likeness (QED) is 0.260. The summed E-state index contributed by atoms with van der Waals surface area (Å²) >= 11 is 19.3. The fourth-order valence-corrected chi connectivity index (χ4v) is 4.53. The van der Waals surface area contributed by atoms with Gasteiger partial charge in [-0.3, -0.25) is 4.79 Å². The van der Waals surface area contributed by atoms with E-state index in [1.165, 1.54) is 17.8 Å². The molecule has 1 heterocycles. The second kappa shape index (κ2) is 10.1. The summed E-state index contributed by atoms with van der Waals surface area (Å²) in [6, 6.07) is 18.3. The topological polar surface area (TPSA) is 65.1 Å². The summed E-state index contributed by atoms with van der Waals surface area (Å²) in [5.41, 5.74) is 2.03.